The number of ketones is 1. The van der Waals surface area contributed by atoms with Crippen LogP contribution in [0.4, 0.5) is 5.69 Å². The predicted octanol–water partition coefficient (Wildman–Crippen LogP) is 3.50. The number of carbonyl (C=O) groups is 3. The summed E-state index contributed by atoms with van der Waals surface area (Å²) in [5.74, 6) is -2.03. The Morgan fingerprint density at radius 2 is 1.69 bits per heavy atom. The maximum atomic E-state index is 12.3. The van der Waals surface area contributed by atoms with Crippen LogP contribution in [0.15, 0.2) is 29.4 Å². The number of oxime groups is 1. The number of benzene rings is 1. The number of nitro benzene ring substituents is 1. The quantitative estimate of drug-likeness (QED) is 0.194. The van der Waals surface area contributed by atoms with E-state index in [1.165, 1.54) is 19.1 Å². The van der Waals surface area contributed by atoms with Crippen LogP contribution in [-0.4, -0.2) is 40.1 Å². The maximum absolute atomic E-state index is 12.3. The van der Waals surface area contributed by atoms with Crippen LogP contribution in [0.25, 0.3) is 0 Å². The molecule has 1 fully saturated rings. The summed E-state index contributed by atoms with van der Waals surface area (Å²) in [5.41, 5.74) is -0.528. The summed E-state index contributed by atoms with van der Waals surface area (Å²) in [6.45, 7) is 6.31. The molecule has 1 aromatic rings. The van der Waals surface area contributed by atoms with Crippen LogP contribution in [0.1, 0.15) is 58.9 Å². The molecule has 0 radical (unpaired) electrons. The molecule has 1 aliphatic rings. The number of esters is 2. The minimum Gasteiger partial charge on any atom is -0.461 e. The predicted molar refractivity (Wildman–Crippen MR) is 114 cm³/mol. The molecule has 10 heteroatoms. The van der Waals surface area contributed by atoms with Crippen molar-refractivity contribution in [2.24, 2.45) is 11.1 Å². The van der Waals surface area contributed by atoms with Crippen molar-refractivity contribution >= 4 is 29.1 Å². The van der Waals surface area contributed by atoms with Crippen LogP contribution < -0.4 is 0 Å². The first-order valence-electron chi connectivity index (χ1n) is 10.3. The van der Waals surface area contributed by atoms with E-state index in [9.17, 15) is 24.5 Å². The minimum atomic E-state index is -0.839. The van der Waals surface area contributed by atoms with Crippen molar-refractivity contribution in [2.75, 3.05) is 0 Å². The summed E-state index contributed by atoms with van der Waals surface area (Å²) >= 11 is 0. The van der Waals surface area contributed by atoms with Gasteiger partial charge in [-0.25, -0.2) is 4.79 Å². The van der Waals surface area contributed by atoms with E-state index >= 15 is 0 Å². The second-order valence-corrected chi connectivity index (χ2v) is 8.61. The van der Waals surface area contributed by atoms with Gasteiger partial charge in [0.05, 0.1) is 10.8 Å². The Morgan fingerprint density at radius 3 is 2.19 bits per heavy atom. The number of hydrogen-bond donors (Lipinski definition) is 0. The normalized spacial score (nSPS) is 19.1. The fourth-order valence-corrected chi connectivity index (χ4v) is 3.09. The lowest BCUT2D eigenvalue weighted by atomic mass is 9.87. The first-order chi connectivity index (χ1) is 15.0. The van der Waals surface area contributed by atoms with E-state index in [1.807, 2.05) is 0 Å². The van der Waals surface area contributed by atoms with Crippen LogP contribution in [0, 0.1) is 16.0 Å². The van der Waals surface area contributed by atoms with Gasteiger partial charge in [0.15, 0.2) is 5.78 Å². The highest BCUT2D eigenvalue weighted by atomic mass is 16.6. The molecule has 0 unspecified atom stereocenters. The summed E-state index contributed by atoms with van der Waals surface area (Å²) in [4.78, 5) is 51.7. The Balaban J connectivity index is 1.82. The molecular formula is C22H28N2O8. The number of carbonyl (C=O) groups excluding carboxylic acids is 3. The van der Waals surface area contributed by atoms with Gasteiger partial charge in [-0.3, -0.25) is 19.7 Å². The van der Waals surface area contributed by atoms with Gasteiger partial charge in [-0.2, -0.15) is 0 Å². The van der Waals surface area contributed by atoms with Gasteiger partial charge in [0, 0.05) is 19.1 Å². The molecule has 1 saturated carbocycles. The van der Waals surface area contributed by atoms with Crippen molar-refractivity contribution < 1.29 is 33.6 Å². The van der Waals surface area contributed by atoms with E-state index < -0.39 is 28.0 Å². The molecule has 174 valence electrons. The standard InChI is InChI=1S/C22H28N2O8/c1-14(25)19(21(27)31-22(2,3)4)23-32-18-11-7-16(8-12-18)20(26)30-13-15-5-9-17(10-6-15)24(28)29/h5-6,9-10,16,18H,7-8,11-13H2,1-4H3. The van der Waals surface area contributed by atoms with E-state index in [-0.39, 0.29) is 30.3 Å². The van der Waals surface area contributed by atoms with Crippen LogP contribution in [0.3, 0.4) is 0 Å². The maximum Gasteiger partial charge on any atom is 0.364 e. The lowest BCUT2D eigenvalue weighted by Gasteiger charge is -2.26. The third kappa shape index (κ3) is 7.75. The lowest BCUT2D eigenvalue weighted by Crippen LogP contribution is -2.33. The second-order valence-electron chi connectivity index (χ2n) is 8.61. The van der Waals surface area contributed by atoms with Gasteiger partial charge in [0.1, 0.15) is 18.3 Å². The van der Waals surface area contributed by atoms with Crippen molar-refractivity contribution in [3.63, 3.8) is 0 Å². The van der Waals surface area contributed by atoms with E-state index in [2.05, 4.69) is 5.16 Å². The molecule has 1 aromatic carbocycles. The number of Topliss-reactive ketones (excluding diaryl/α,β-unsaturated/α-hetero) is 1. The van der Waals surface area contributed by atoms with Crippen molar-refractivity contribution in [2.45, 2.75) is 71.7 Å². The number of nitro groups is 1. The summed E-state index contributed by atoms with van der Waals surface area (Å²) in [6.07, 6.45) is 1.73. The molecule has 0 N–H and O–H groups in total. The zero-order valence-corrected chi connectivity index (χ0v) is 18.7. The third-order valence-corrected chi connectivity index (χ3v) is 4.75. The van der Waals surface area contributed by atoms with Gasteiger partial charge in [0.2, 0.25) is 5.71 Å². The first kappa shape index (κ1) is 25.0. The molecule has 0 bridgehead atoms. The molecule has 0 saturated heterocycles. The Kier molecular flexibility index (Phi) is 8.45. The second kappa shape index (κ2) is 10.8. The minimum absolute atomic E-state index is 0.0272. The molecule has 0 atom stereocenters. The number of non-ortho nitro benzene ring substituents is 1. The van der Waals surface area contributed by atoms with E-state index in [1.54, 1.807) is 32.9 Å². The third-order valence-electron chi connectivity index (χ3n) is 4.75. The number of ether oxygens (including phenoxy) is 2. The molecule has 0 heterocycles. The van der Waals surface area contributed by atoms with Crippen LogP contribution in [0.2, 0.25) is 0 Å². The SMILES string of the molecule is CC(=O)C(=NOC1CCC(C(=O)OCc2ccc([N+](=O)[O-])cc2)CC1)C(=O)OC(C)(C)C. The molecule has 0 amide bonds. The van der Waals surface area contributed by atoms with Gasteiger partial charge in [-0.05, 0) is 64.2 Å². The Hall–Kier alpha value is -3.30. The monoisotopic (exact) mass is 448 g/mol. The molecule has 2 rings (SSSR count). The molecule has 0 spiro atoms. The summed E-state index contributed by atoms with van der Waals surface area (Å²) in [5, 5.41) is 14.4. The van der Waals surface area contributed by atoms with Gasteiger partial charge in [-0.1, -0.05) is 5.16 Å². The van der Waals surface area contributed by atoms with Gasteiger partial charge in [-0.15, -0.1) is 0 Å². The Bertz CT molecular complexity index is 878. The molecule has 0 aliphatic heterocycles. The zero-order valence-electron chi connectivity index (χ0n) is 18.7. The molecule has 10 nitrogen and oxygen atoms in total. The highest BCUT2D eigenvalue weighted by Gasteiger charge is 2.30. The summed E-state index contributed by atoms with van der Waals surface area (Å²) in [6, 6.07) is 5.81. The highest BCUT2D eigenvalue weighted by Crippen LogP contribution is 2.28. The van der Waals surface area contributed by atoms with Crippen molar-refractivity contribution in [1.29, 1.82) is 0 Å². The molecule has 1 aliphatic carbocycles. The Labute approximate surface area is 186 Å². The van der Waals surface area contributed by atoms with Crippen molar-refractivity contribution in [3.05, 3.63) is 39.9 Å². The fourth-order valence-electron chi connectivity index (χ4n) is 3.09. The van der Waals surface area contributed by atoms with Crippen LogP contribution in [-0.2, 0) is 35.3 Å². The smallest absolute Gasteiger partial charge is 0.364 e. The van der Waals surface area contributed by atoms with E-state index in [0.717, 1.165) is 0 Å². The Morgan fingerprint density at radius 1 is 1.09 bits per heavy atom. The average molecular weight is 448 g/mol. The molecule has 0 aromatic heterocycles. The van der Waals surface area contributed by atoms with Crippen LogP contribution >= 0.6 is 0 Å². The highest BCUT2D eigenvalue weighted by molar-refractivity contribution is 6.63. The lowest BCUT2D eigenvalue weighted by molar-refractivity contribution is -0.384. The van der Waals surface area contributed by atoms with Crippen molar-refractivity contribution in [1.82, 2.24) is 0 Å². The zero-order chi connectivity index (χ0) is 23.9. The number of hydrogen-bond acceptors (Lipinski definition) is 9. The van der Waals surface area contributed by atoms with E-state index in [0.29, 0.717) is 31.2 Å². The topological polar surface area (TPSA) is 134 Å². The van der Waals surface area contributed by atoms with Crippen LogP contribution in [0.5, 0.6) is 0 Å². The van der Waals surface area contributed by atoms with Gasteiger partial charge >= 0.3 is 11.9 Å². The number of nitrogens with zero attached hydrogens (tertiary/aromatic N) is 2. The molecular weight excluding hydrogens is 420 g/mol. The first-order valence-corrected chi connectivity index (χ1v) is 10.3. The van der Waals surface area contributed by atoms with Gasteiger partial charge < -0.3 is 14.3 Å². The summed E-state index contributed by atoms with van der Waals surface area (Å²) in [7, 11) is 0. The number of rotatable bonds is 8. The van der Waals surface area contributed by atoms with Crippen molar-refractivity contribution in [3.8, 4) is 0 Å². The van der Waals surface area contributed by atoms with Gasteiger partial charge in [0.25, 0.3) is 5.69 Å². The molecule has 32 heavy (non-hydrogen) atoms. The fraction of sp³-hybridized carbons (Fsp3) is 0.545. The van der Waals surface area contributed by atoms with E-state index in [4.69, 9.17) is 14.3 Å². The largest absolute Gasteiger partial charge is 0.461 e. The average Bonchev–Trinajstić information content (AvgIpc) is 2.71. The summed E-state index contributed by atoms with van der Waals surface area (Å²) < 4.78 is 10.5.